The Labute approximate surface area is 132 Å². The number of nitrogens with one attached hydrogen (secondary N) is 1. The molecule has 2 aromatic carbocycles. The zero-order valence-corrected chi connectivity index (χ0v) is 12.3. The molecular weight excluding hydrogens is 297 g/mol. The first-order valence-corrected chi connectivity index (χ1v) is 7.23. The largest absolute Gasteiger partial charge is 0.303 e. The Morgan fingerprint density at radius 3 is 2.52 bits per heavy atom. The molecule has 0 spiro atoms. The Kier molecular flexibility index (Phi) is 3.80. The third-order valence-corrected chi connectivity index (χ3v) is 4.21. The van der Waals surface area contributed by atoms with E-state index in [0.29, 0.717) is 5.56 Å². The van der Waals surface area contributed by atoms with Crippen molar-refractivity contribution in [1.29, 1.82) is 5.26 Å². The highest BCUT2D eigenvalue weighted by Gasteiger charge is 2.44. The highest BCUT2D eigenvalue weighted by atomic mass is 19.1. The zero-order chi connectivity index (χ0) is 16.4. The molecule has 23 heavy (non-hydrogen) atoms. The maximum Gasteiger partial charge on any atom is 0.276 e. The number of halogens is 1. The number of nitrogens with zero attached hydrogens (tertiary/aromatic N) is 2. The summed E-state index contributed by atoms with van der Waals surface area (Å²) in [4.78, 5) is 10.5. The molecule has 0 atom stereocenters. The summed E-state index contributed by atoms with van der Waals surface area (Å²) in [5.41, 5.74) is 1.15. The third-order valence-electron chi connectivity index (χ3n) is 4.21. The summed E-state index contributed by atoms with van der Waals surface area (Å²) in [6.45, 7) is 0.0863. The molecule has 1 saturated carbocycles. The average Bonchev–Trinajstić information content (AvgIpc) is 3.34. The van der Waals surface area contributed by atoms with Crippen LogP contribution in [0.3, 0.4) is 0 Å². The van der Waals surface area contributed by atoms with Gasteiger partial charge in [0.25, 0.3) is 5.69 Å². The fourth-order valence-corrected chi connectivity index (χ4v) is 2.71. The van der Waals surface area contributed by atoms with Crippen LogP contribution in [0.4, 0.5) is 10.1 Å². The van der Waals surface area contributed by atoms with Crippen LogP contribution in [0.5, 0.6) is 0 Å². The number of benzene rings is 2. The van der Waals surface area contributed by atoms with Crippen molar-refractivity contribution in [1.82, 2.24) is 5.32 Å². The highest BCUT2D eigenvalue weighted by molar-refractivity contribution is 5.42. The molecule has 0 unspecified atom stereocenters. The molecule has 1 aliphatic rings. The van der Waals surface area contributed by atoms with E-state index in [1.165, 1.54) is 18.2 Å². The van der Waals surface area contributed by atoms with Gasteiger partial charge in [-0.2, -0.15) is 5.26 Å². The molecule has 2 aromatic rings. The number of rotatable bonds is 5. The third kappa shape index (κ3) is 2.91. The second kappa shape index (κ2) is 5.78. The van der Waals surface area contributed by atoms with E-state index in [9.17, 15) is 14.5 Å². The average molecular weight is 311 g/mol. The van der Waals surface area contributed by atoms with Gasteiger partial charge >= 0.3 is 0 Å². The van der Waals surface area contributed by atoms with E-state index in [0.717, 1.165) is 18.4 Å². The van der Waals surface area contributed by atoms with E-state index >= 15 is 0 Å². The van der Waals surface area contributed by atoms with E-state index in [4.69, 9.17) is 5.26 Å². The quantitative estimate of drug-likeness (QED) is 0.678. The van der Waals surface area contributed by atoms with Gasteiger partial charge in [-0.15, -0.1) is 0 Å². The van der Waals surface area contributed by atoms with Gasteiger partial charge in [-0.3, -0.25) is 10.1 Å². The van der Waals surface area contributed by atoms with Crippen molar-refractivity contribution in [2.45, 2.75) is 24.9 Å². The fourth-order valence-electron chi connectivity index (χ4n) is 2.71. The maximum atomic E-state index is 13.9. The predicted molar refractivity (Wildman–Crippen MR) is 82.0 cm³/mol. The van der Waals surface area contributed by atoms with Crippen molar-refractivity contribution in [3.8, 4) is 6.07 Å². The minimum absolute atomic E-state index is 0.0671. The van der Waals surface area contributed by atoms with Gasteiger partial charge in [0, 0.05) is 18.2 Å². The molecule has 0 bridgehead atoms. The van der Waals surface area contributed by atoms with Crippen molar-refractivity contribution in [3.05, 3.63) is 75.1 Å². The van der Waals surface area contributed by atoms with Crippen LogP contribution in [-0.2, 0) is 12.1 Å². The van der Waals surface area contributed by atoms with Crippen molar-refractivity contribution < 1.29 is 9.31 Å². The molecule has 0 aliphatic heterocycles. The summed E-state index contributed by atoms with van der Waals surface area (Å²) in [7, 11) is 0. The first-order chi connectivity index (χ1) is 11.1. The zero-order valence-electron chi connectivity index (χ0n) is 12.3. The number of nitriles is 1. The number of hydrogen-bond acceptors (Lipinski definition) is 4. The molecule has 5 nitrogen and oxygen atoms in total. The standard InChI is InChI=1S/C17H14FN3O2/c18-15-2-1-3-16(21(22)23)14(15)11-20-17(8-9-17)13-6-4-12(10-19)5-7-13/h1-7,20H,8-9,11H2. The van der Waals surface area contributed by atoms with E-state index < -0.39 is 10.7 Å². The summed E-state index contributed by atoms with van der Waals surface area (Å²) < 4.78 is 13.9. The van der Waals surface area contributed by atoms with Gasteiger partial charge in [0.1, 0.15) is 5.82 Å². The number of nitro benzene ring substituents is 1. The second-order valence-corrected chi connectivity index (χ2v) is 5.62. The van der Waals surface area contributed by atoms with E-state index in [-0.39, 0.29) is 23.3 Å². The summed E-state index contributed by atoms with van der Waals surface area (Å²) in [6.07, 6.45) is 1.75. The molecule has 0 aromatic heterocycles. The van der Waals surface area contributed by atoms with Crippen LogP contribution in [-0.4, -0.2) is 4.92 Å². The summed E-state index contributed by atoms with van der Waals surface area (Å²) >= 11 is 0. The van der Waals surface area contributed by atoms with Crippen molar-refractivity contribution in [2.75, 3.05) is 0 Å². The Balaban J connectivity index is 1.81. The predicted octanol–water partition coefficient (Wildman–Crippen LogP) is 3.38. The Bertz CT molecular complexity index is 792. The molecule has 6 heteroatoms. The Hall–Kier alpha value is -2.78. The second-order valence-electron chi connectivity index (χ2n) is 5.62. The van der Waals surface area contributed by atoms with Gasteiger partial charge in [0.2, 0.25) is 0 Å². The minimum atomic E-state index is -0.581. The molecule has 116 valence electrons. The van der Waals surface area contributed by atoms with Crippen LogP contribution < -0.4 is 5.32 Å². The van der Waals surface area contributed by atoms with Gasteiger partial charge in [0.15, 0.2) is 0 Å². The Morgan fingerprint density at radius 2 is 1.96 bits per heavy atom. The van der Waals surface area contributed by atoms with Gasteiger partial charge in [0.05, 0.1) is 22.1 Å². The molecule has 1 N–H and O–H groups in total. The summed E-state index contributed by atoms with van der Waals surface area (Å²) in [5.74, 6) is -0.581. The molecule has 0 heterocycles. The van der Waals surface area contributed by atoms with Crippen LogP contribution in [0.1, 0.15) is 29.5 Å². The van der Waals surface area contributed by atoms with Gasteiger partial charge < -0.3 is 5.32 Å². The molecule has 0 saturated heterocycles. The van der Waals surface area contributed by atoms with Crippen molar-refractivity contribution in [3.63, 3.8) is 0 Å². The number of hydrogen-bond donors (Lipinski definition) is 1. The van der Waals surface area contributed by atoms with Crippen LogP contribution in [0.25, 0.3) is 0 Å². The maximum absolute atomic E-state index is 13.9. The lowest BCUT2D eigenvalue weighted by atomic mass is 10.0. The SMILES string of the molecule is N#Cc1ccc(C2(NCc3c(F)cccc3[N+](=O)[O-])CC2)cc1. The van der Waals surface area contributed by atoms with Gasteiger partial charge in [-0.05, 0) is 36.6 Å². The van der Waals surface area contributed by atoms with E-state index in [1.54, 1.807) is 12.1 Å². The van der Waals surface area contributed by atoms with Crippen LogP contribution >= 0.6 is 0 Å². The van der Waals surface area contributed by atoms with Gasteiger partial charge in [-0.1, -0.05) is 18.2 Å². The normalized spacial score (nSPS) is 15.0. The lowest BCUT2D eigenvalue weighted by Gasteiger charge is -2.18. The Morgan fingerprint density at radius 1 is 1.26 bits per heavy atom. The lowest BCUT2D eigenvalue weighted by molar-refractivity contribution is -0.385. The summed E-state index contributed by atoms with van der Waals surface area (Å²) in [5, 5.41) is 23.1. The van der Waals surface area contributed by atoms with E-state index in [2.05, 4.69) is 11.4 Å². The molecule has 3 rings (SSSR count). The monoisotopic (exact) mass is 311 g/mol. The van der Waals surface area contributed by atoms with E-state index in [1.807, 2.05) is 12.1 Å². The molecule has 0 radical (unpaired) electrons. The lowest BCUT2D eigenvalue weighted by Crippen LogP contribution is -2.29. The van der Waals surface area contributed by atoms with Gasteiger partial charge in [-0.25, -0.2) is 4.39 Å². The molecule has 1 fully saturated rings. The first-order valence-electron chi connectivity index (χ1n) is 7.23. The molecule has 0 amide bonds. The number of nitro groups is 1. The van der Waals surface area contributed by atoms with Crippen LogP contribution in [0.15, 0.2) is 42.5 Å². The smallest absolute Gasteiger partial charge is 0.276 e. The first kappa shape index (κ1) is 15.1. The molecular formula is C17H14FN3O2. The van der Waals surface area contributed by atoms with Crippen LogP contribution in [0.2, 0.25) is 0 Å². The topological polar surface area (TPSA) is 79.0 Å². The highest BCUT2D eigenvalue weighted by Crippen LogP contribution is 2.46. The summed E-state index contributed by atoms with van der Waals surface area (Å²) in [6, 6.07) is 13.2. The van der Waals surface area contributed by atoms with Crippen LogP contribution in [0, 0.1) is 27.3 Å². The fraction of sp³-hybridized carbons (Fsp3) is 0.235. The minimum Gasteiger partial charge on any atom is -0.303 e. The van der Waals surface area contributed by atoms with Crippen molar-refractivity contribution in [2.24, 2.45) is 0 Å². The molecule has 1 aliphatic carbocycles. The van der Waals surface area contributed by atoms with Crippen molar-refractivity contribution >= 4 is 5.69 Å².